The van der Waals surface area contributed by atoms with Crippen molar-refractivity contribution in [3.8, 4) is 5.75 Å². The zero-order valence-electron chi connectivity index (χ0n) is 16.8. The van der Waals surface area contributed by atoms with E-state index in [0.717, 1.165) is 28.3 Å². The van der Waals surface area contributed by atoms with E-state index >= 15 is 0 Å². The monoisotopic (exact) mass is 420 g/mol. The Morgan fingerprint density at radius 3 is 2.45 bits per heavy atom. The predicted octanol–water partition coefficient (Wildman–Crippen LogP) is 3.40. The van der Waals surface area contributed by atoms with E-state index in [4.69, 9.17) is 4.74 Å². The summed E-state index contributed by atoms with van der Waals surface area (Å²) in [7, 11) is -3.77. The molecule has 0 radical (unpaired) electrons. The molecule has 2 atom stereocenters. The van der Waals surface area contributed by atoms with E-state index in [1.165, 1.54) is 19.1 Å². The molecule has 1 aliphatic rings. The Balaban J connectivity index is 1.88. The van der Waals surface area contributed by atoms with Gasteiger partial charge in [0.2, 0.25) is 15.9 Å². The Hall–Kier alpha value is -2.61. The highest BCUT2D eigenvalue weighted by Crippen LogP contribution is 2.39. The maximum absolute atomic E-state index is 13.3. The Kier molecular flexibility index (Phi) is 5.58. The van der Waals surface area contributed by atoms with Gasteiger partial charge in [0, 0.05) is 12.0 Å². The van der Waals surface area contributed by atoms with Gasteiger partial charge in [-0.15, -0.1) is 0 Å². The number of nitrogens with one attached hydrogen (secondary N) is 1. The standard InChI is InChI=1S/C21H25FN2O4S/c1-14(24(29(4,26)27)16-11-9-15(22)10-12-16)20(25)23-18-13-21(2,3)28-19-8-6-5-7-17(18)19/h5-12,14,18H,13H2,1-4H3,(H,23,25)/t14-,18+/m1/s1. The van der Waals surface area contributed by atoms with Crippen molar-refractivity contribution in [3.05, 3.63) is 59.9 Å². The van der Waals surface area contributed by atoms with Crippen molar-refractivity contribution in [1.82, 2.24) is 5.32 Å². The molecule has 0 bridgehead atoms. The van der Waals surface area contributed by atoms with Crippen LogP contribution < -0.4 is 14.4 Å². The zero-order valence-corrected chi connectivity index (χ0v) is 17.7. The van der Waals surface area contributed by atoms with Crippen LogP contribution in [0.3, 0.4) is 0 Å². The first-order chi connectivity index (χ1) is 13.5. The number of nitrogens with zero attached hydrogens (tertiary/aromatic N) is 1. The van der Waals surface area contributed by atoms with Crippen molar-refractivity contribution in [1.29, 1.82) is 0 Å². The normalized spacial score (nSPS) is 18.9. The lowest BCUT2D eigenvalue weighted by molar-refractivity contribution is -0.123. The maximum atomic E-state index is 13.3. The molecule has 0 aromatic heterocycles. The molecule has 0 fully saturated rings. The number of carbonyl (C=O) groups is 1. The lowest BCUT2D eigenvalue weighted by Gasteiger charge is -2.38. The van der Waals surface area contributed by atoms with Crippen LogP contribution in [0.25, 0.3) is 0 Å². The second-order valence-corrected chi connectivity index (χ2v) is 9.74. The van der Waals surface area contributed by atoms with E-state index in [1.807, 2.05) is 38.1 Å². The molecule has 2 aromatic carbocycles. The number of halogens is 1. The quantitative estimate of drug-likeness (QED) is 0.805. The van der Waals surface area contributed by atoms with Crippen LogP contribution in [0.1, 0.15) is 38.8 Å². The largest absolute Gasteiger partial charge is 0.487 e. The van der Waals surface area contributed by atoms with E-state index in [-0.39, 0.29) is 11.7 Å². The van der Waals surface area contributed by atoms with Crippen LogP contribution in [0.5, 0.6) is 5.75 Å². The molecule has 0 saturated heterocycles. The zero-order chi connectivity index (χ0) is 21.4. The molecular formula is C21H25FN2O4S. The molecule has 3 rings (SSSR count). The fourth-order valence-corrected chi connectivity index (χ4v) is 4.79. The molecule has 0 aliphatic carbocycles. The minimum Gasteiger partial charge on any atom is -0.487 e. The van der Waals surface area contributed by atoms with Crippen molar-refractivity contribution >= 4 is 21.6 Å². The van der Waals surface area contributed by atoms with Crippen molar-refractivity contribution < 1.29 is 22.3 Å². The van der Waals surface area contributed by atoms with Crippen LogP contribution in [-0.4, -0.2) is 32.2 Å². The van der Waals surface area contributed by atoms with Crippen LogP contribution in [0.15, 0.2) is 48.5 Å². The summed E-state index contributed by atoms with van der Waals surface area (Å²) in [6.07, 6.45) is 1.56. The summed E-state index contributed by atoms with van der Waals surface area (Å²) in [4.78, 5) is 13.0. The number of hydrogen-bond acceptors (Lipinski definition) is 4. The number of para-hydroxylation sites is 1. The Morgan fingerprint density at radius 2 is 1.83 bits per heavy atom. The molecule has 6 nitrogen and oxygen atoms in total. The van der Waals surface area contributed by atoms with Crippen LogP contribution in [0.4, 0.5) is 10.1 Å². The maximum Gasteiger partial charge on any atom is 0.244 e. The van der Waals surface area contributed by atoms with Crippen LogP contribution in [0.2, 0.25) is 0 Å². The van der Waals surface area contributed by atoms with Crippen LogP contribution in [0, 0.1) is 5.82 Å². The molecule has 1 amide bonds. The molecule has 1 aliphatic heterocycles. The van der Waals surface area contributed by atoms with Gasteiger partial charge in [-0.25, -0.2) is 12.8 Å². The van der Waals surface area contributed by atoms with Gasteiger partial charge in [-0.2, -0.15) is 0 Å². The van der Waals surface area contributed by atoms with Gasteiger partial charge in [0.25, 0.3) is 0 Å². The lowest BCUT2D eigenvalue weighted by atomic mass is 9.89. The summed E-state index contributed by atoms with van der Waals surface area (Å²) in [5, 5.41) is 2.97. The summed E-state index contributed by atoms with van der Waals surface area (Å²) in [6, 6.07) is 11.1. The Labute approximate surface area is 170 Å². The molecule has 1 N–H and O–H groups in total. The molecule has 8 heteroatoms. The van der Waals surface area contributed by atoms with E-state index in [2.05, 4.69) is 5.32 Å². The summed E-state index contributed by atoms with van der Waals surface area (Å²) in [5.74, 6) is -0.238. The molecule has 29 heavy (non-hydrogen) atoms. The molecule has 156 valence electrons. The second kappa shape index (κ2) is 7.67. The summed E-state index contributed by atoms with van der Waals surface area (Å²) in [5.41, 5.74) is 0.590. The van der Waals surface area contributed by atoms with Crippen LogP contribution >= 0.6 is 0 Å². The van der Waals surface area contributed by atoms with Gasteiger partial charge in [0.05, 0.1) is 18.0 Å². The summed E-state index contributed by atoms with van der Waals surface area (Å²) in [6.45, 7) is 5.38. The topological polar surface area (TPSA) is 75.7 Å². The van der Waals surface area contributed by atoms with E-state index in [9.17, 15) is 17.6 Å². The van der Waals surface area contributed by atoms with Gasteiger partial charge >= 0.3 is 0 Å². The van der Waals surface area contributed by atoms with E-state index in [1.54, 1.807) is 0 Å². The number of amides is 1. The summed E-state index contributed by atoms with van der Waals surface area (Å²) < 4.78 is 45.0. The van der Waals surface area contributed by atoms with Gasteiger partial charge in [-0.3, -0.25) is 9.10 Å². The minimum absolute atomic E-state index is 0.226. The first-order valence-corrected chi connectivity index (χ1v) is 11.2. The number of ether oxygens (including phenoxy) is 1. The Morgan fingerprint density at radius 1 is 1.21 bits per heavy atom. The third kappa shape index (κ3) is 4.70. The Bertz CT molecular complexity index is 1010. The van der Waals surface area contributed by atoms with Gasteiger partial charge in [0.15, 0.2) is 0 Å². The third-order valence-corrected chi connectivity index (χ3v) is 6.10. The van der Waals surface area contributed by atoms with Gasteiger partial charge in [-0.05, 0) is 51.1 Å². The van der Waals surface area contributed by atoms with Crippen LogP contribution in [-0.2, 0) is 14.8 Å². The third-order valence-electron chi connectivity index (χ3n) is 4.86. The fraction of sp³-hybridized carbons (Fsp3) is 0.381. The minimum atomic E-state index is -3.77. The number of fused-ring (bicyclic) bond motifs is 1. The number of rotatable bonds is 5. The smallest absolute Gasteiger partial charge is 0.244 e. The van der Waals surface area contributed by atoms with Crippen molar-refractivity contribution in [2.24, 2.45) is 0 Å². The highest BCUT2D eigenvalue weighted by Gasteiger charge is 2.36. The van der Waals surface area contributed by atoms with Gasteiger partial charge < -0.3 is 10.1 Å². The number of sulfonamides is 1. The molecule has 1 heterocycles. The first-order valence-electron chi connectivity index (χ1n) is 9.31. The van der Waals surface area contributed by atoms with Crippen molar-refractivity contribution in [2.45, 2.75) is 44.9 Å². The fourth-order valence-electron chi connectivity index (χ4n) is 3.62. The number of benzene rings is 2. The van der Waals surface area contributed by atoms with Crippen molar-refractivity contribution in [2.75, 3.05) is 10.6 Å². The van der Waals surface area contributed by atoms with Gasteiger partial charge in [0.1, 0.15) is 23.2 Å². The molecule has 0 unspecified atom stereocenters. The average molecular weight is 421 g/mol. The molecule has 0 saturated carbocycles. The predicted molar refractivity (Wildman–Crippen MR) is 110 cm³/mol. The average Bonchev–Trinajstić information content (AvgIpc) is 2.61. The van der Waals surface area contributed by atoms with Crippen molar-refractivity contribution in [3.63, 3.8) is 0 Å². The summed E-state index contributed by atoms with van der Waals surface area (Å²) >= 11 is 0. The lowest BCUT2D eigenvalue weighted by Crippen LogP contribution is -2.50. The number of hydrogen-bond donors (Lipinski definition) is 1. The molecular weight excluding hydrogens is 395 g/mol. The SMILES string of the molecule is C[C@H](C(=O)N[C@H]1CC(C)(C)Oc2ccccc21)N(c1ccc(F)cc1)S(C)(=O)=O. The molecule has 0 spiro atoms. The number of carbonyl (C=O) groups excluding carboxylic acids is 1. The first kappa shape index (κ1) is 21.1. The van der Waals surface area contributed by atoms with E-state index in [0.29, 0.717) is 12.2 Å². The highest BCUT2D eigenvalue weighted by molar-refractivity contribution is 7.92. The van der Waals surface area contributed by atoms with E-state index < -0.39 is 33.4 Å². The number of anilines is 1. The molecule has 2 aromatic rings. The second-order valence-electron chi connectivity index (χ2n) is 7.88. The highest BCUT2D eigenvalue weighted by atomic mass is 32.2. The van der Waals surface area contributed by atoms with Gasteiger partial charge in [-0.1, -0.05) is 18.2 Å².